The van der Waals surface area contributed by atoms with Crippen LogP contribution < -0.4 is 0 Å². The number of para-hydroxylation sites is 2. The predicted octanol–water partition coefficient (Wildman–Crippen LogP) is 15.6. The van der Waals surface area contributed by atoms with E-state index in [0.29, 0.717) is 0 Å². The third kappa shape index (κ3) is 4.89. The van der Waals surface area contributed by atoms with Crippen molar-refractivity contribution in [3.05, 3.63) is 212 Å². The van der Waals surface area contributed by atoms with Crippen molar-refractivity contribution in [2.75, 3.05) is 0 Å². The van der Waals surface area contributed by atoms with Crippen molar-refractivity contribution in [3.8, 4) is 39.1 Å². The standard InChI is InChI=1S/C56H35N/c1-3-13-36(14-4-1)39-28-31-49-51(33-39)43-17-7-9-20-47(43)56-50-32-29-40(34-52(50)44-18-8-10-21-48(44)55(49)56)37-23-25-38(26-24-37)41-27-30-46-45-19-11-12-22-53(45)57(54(46)35-41)42-15-5-2-6-16-42/h1-35H. The summed E-state index contributed by atoms with van der Waals surface area (Å²) < 4.78 is 2.39. The zero-order valence-electron chi connectivity index (χ0n) is 31.2. The van der Waals surface area contributed by atoms with E-state index in [1.165, 1.54) is 115 Å². The van der Waals surface area contributed by atoms with Crippen molar-refractivity contribution < 1.29 is 0 Å². The highest BCUT2D eigenvalue weighted by atomic mass is 15.0. The van der Waals surface area contributed by atoms with E-state index in [9.17, 15) is 0 Å². The molecule has 12 aromatic rings. The molecule has 12 rings (SSSR count). The molecule has 0 amide bonds. The summed E-state index contributed by atoms with van der Waals surface area (Å²) in [6.45, 7) is 0. The van der Waals surface area contributed by atoms with Gasteiger partial charge in [-0.1, -0.05) is 176 Å². The number of aromatic nitrogens is 1. The molecule has 0 atom stereocenters. The molecule has 1 heterocycles. The molecule has 1 heteroatoms. The van der Waals surface area contributed by atoms with E-state index in [0.717, 1.165) is 0 Å². The maximum atomic E-state index is 2.41. The van der Waals surface area contributed by atoms with Crippen LogP contribution in [0.15, 0.2) is 212 Å². The van der Waals surface area contributed by atoms with Gasteiger partial charge < -0.3 is 4.57 Å². The average molecular weight is 722 g/mol. The van der Waals surface area contributed by atoms with Crippen LogP contribution in [0.4, 0.5) is 0 Å². The largest absolute Gasteiger partial charge is 0.309 e. The van der Waals surface area contributed by atoms with Gasteiger partial charge in [0.25, 0.3) is 0 Å². The highest BCUT2D eigenvalue weighted by Crippen LogP contribution is 2.45. The number of hydrogen-bond donors (Lipinski definition) is 0. The highest BCUT2D eigenvalue weighted by molar-refractivity contribution is 6.39. The topological polar surface area (TPSA) is 4.93 Å². The van der Waals surface area contributed by atoms with Crippen molar-refractivity contribution in [2.24, 2.45) is 0 Å². The molecule has 1 nitrogen and oxygen atoms in total. The van der Waals surface area contributed by atoms with Gasteiger partial charge in [0.15, 0.2) is 0 Å². The summed E-state index contributed by atoms with van der Waals surface area (Å²) in [6.07, 6.45) is 0. The van der Waals surface area contributed by atoms with Crippen LogP contribution in [0.25, 0.3) is 115 Å². The van der Waals surface area contributed by atoms with Gasteiger partial charge in [-0.3, -0.25) is 0 Å². The Bertz CT molecular complexity index is 3540. The quantitative estimate of drug-likeness (QED) is 0.160. The van der Waals surface area contributed by atoms with E-state index in [1.807, 2.05) is 0 Å². The zero-order valence-corrected chi connectivity index (χ0v) is 31.2. The molecule has 0 aliphatic heterocycles. The number of fused-ring (bicyclic) bond motifs is 14. The SMILES string of the molecule is c1ccc(-c2ccc3c(c2)c2ccccc2c2c4ccc(-c5ccc(-c6ccc7c8ccccc8n(-c8ccccc8)c7c6)cc5)cc4c4ccccc4c32)cc1. The monoisotopic (exact) mass is 721 g/mol. The van der Waals surface area contributed by atoms with Gasteiger partial charge in [-0.2, -0.15) is 0 Å². The number of benzene rings is 11. The third-order valence-electron chi connectivity index (χ3n) is 12.1. The van der Waals surface area contributed by atoms with E-state index >= 15 is 0 Å². The van der Waals surface area contributed by atoms with Gasteiger partial charge in [0, 0.05) is 16.5 Å². The molecule has 0 aliphatic carbocycles. The first-order chi connectivity index (χ1) is 28.3. The van der Waals surface area contributed by atoms with Crippen LogP contribution in [0.5, 0.6) is 0 Å². The van der Waals surface area contributed by atoms with Crippen molar-refractivity contribution in [1.29, 1.82) is 0 Å². The maximum absolute atomic E-state index is 2.41. The van der Waals surface area contributed by atoms with Gasteiger partial charge in [0.05, 0.1) is 11.0 Å². The normalized spacial score (nSPS) is 11.9. The Hall–Kier alpha value is -7.48. The van der Waals surface area contributed by atoms with E-state index in [-0.39, 0.29) is 0 Å². The molecule has 0 bridgehead atoms. The molecular formula is C56H35N. The first kappa shape index (κ1) is 31.8. The summed E-state index contributed by atoms with van der Waals surface area (Å²) in [5.41, 5.74) is 10.9. The molecule has 0 N–H and O–H groups in total. The number of rotatable bonds is 4. The van der Waals surface area contributed by atoms with Gasteiger partial charge in [-0.15, -0.1) is 0 Å². The maximum Gasteiger partial charge on any atom is 0.0547 e. The molecule has 0 saturated carbocycles. The lowest BCUT2D eigenvalue weighted by Gasteiger charge is -2.18. The van der Waals surface area contributed by atoms with Crippen LogP contribution in [0.3, 0.4) is 0 Å². The van der Waals surface area contributed by atoms with E-state index in [4.69, 9.17) is 0 Å². The Labute approximate surface area is 330 Å². The Morgan fingerprint density at radius 2 is 0.579 bits per heavy atom. The predicted molar refractivity (Wildman–Crippen MR) is 245 cm³/mol. The minimum absolute atomic E-state index is 1.17. The van der Waals surface area contributed by atoms with Gasteiger partial charge >= 0.3 is 0 Å². The van der Waals surface area contributed by atoms with Crippen LogP contribution in [-0.2, 0) is 0 Å². The lowest BCUT2D eigenvalue weighted by molar-refractivity contribution is 1.18. The van der Waals surface area contributed by atoms with E-state index in [2.05, 4.69) is 217 Å². The molecule has 0 aliphatic rings. The molecule has 0 fully saturated rings. The Morgan fingerprint density at radius 1 is 0.211 bits per heavy atom. The fourth-order valence-corrected chi connectivity index (χ4v) is 9.52. The van der Waals surface area contributed by atoms with Crippen molar-refractivity contribution in [1.82, 2.24) is 4.57 Å². The number of nitrogens with zero attached hydrogens (tertiary/aromatic N) is 1. The number of hydrogen-bond acceptors (Lipinski definition) is 0. The second-order valence-corrected chi connectivity index (χ2v) is 15.2. The second-order valence-electron chi connectivity index (χ2n) is 15.2. The first-order valence-corrected chi connectivity index (χ1v) is 19.8. The van der Waals surface area contributed by atoms with Crippen molar-refractivity contribution in [2.45, 2.75) is 0 Å². The molecule has 1 aromatic heterocycles. The Balaban J connectivity index is 1.01. The summed E-state index contributed by atoms with van der Waals surface area (Å²) in [5, 5.41) is 15.5. The van der Waals surface area contributed by atoms with Crippen molar-refractivity contribution in [3.63, 3.8) is 0 Å². The lowest BCUT2D eigenvalue weighted by Crippen LogP contribution is -1.93. The summed E-state index contributed by atoms with van der Waals surface area (Å²) in [4.78, 5) is 0. The van der Waals surface area contributed by atoms with Crippen molar-refractivity contribution >= 4 is 75.7 Å². The molecule has 264 valence electrons. The summed E-state index contributed by atoms with van der Waals surface area (Å²) in [6, 6.07) is 78.2. The van der Waals surface area contributed by atoms with Crippen LogP contribution >= 0.6 is 0 Å². The van der Waals surface area contributed by atoms with Gasteiger partial charge in [0.2, 0.25) is 0 Å². The van der Waals surface area contributed by atoms with Gasteiger partial charge in [-0.25, -0.2) is 0 Å². The third-order valence-corrected chi connectivity index (χ3v) is 12.1. The lowest BCUT2D eigenvalue weighted by atomic mass is 9.85. The molecule has 0 unspecified atom stereocenters. The van der Waals surface area contributed by atoms with Gasteiger partial charge in [-0.05, 0) is 124 Å². The average Bonchev–Trinajstić information content (AvgIpc) is 3.63. The zero-order chi connectivity index (χ0) is 37.5. The van der Waals surface area contributed by atoms with Crippen LogP contribution in [0, 0.1) is 0 Å². The fraction of sp³-hybridized carbons (Fsp3) is 0. The molecule has 57 heavy (non-hydrogen) atoms. The summed E-state index contributed by atoms with van der Waals surface area (Å²) in [5.74, 6) is 0. The fourth-order valence-electron chi connectivity index (χ4n) is 9.52. The van der Waals surface area contributed by atoms with E-state index in [1.54, 1.807) is 0 Å². The Morgan fingerprint density at radius 3 is 1.14 bits per heavy atom. The molecule has 0 radical (unpaired) electrons. The van der Waals surface area contributed by atoms with Crippen LogP contribution in [-0.4, -0.2) is 4.57 Å². The molecule has 0 spiro atoms. The smallest absolute Gasteiger partial charge is 0.0547 e. The Kier molecular flexibility index (Phi) is 7.00. The molecular weight excluding hydrogens is 687 g/mol. The second kappa shape index (κ2) is 12.5. The minimum atomic E-state index is 1.17. The summed E-state index contributed by atoms with van der Waals surface area (Å²) in [7, 11) is 0. The summed E-state index contributed by atoms with van der Waals surface area (Å²) >= 11 is 0. The van der Waals surface area contributed by atoms with Crippen LogP contribution in [0.1, 0.15) is 0 Å². The highest BCUT2D eigenvalue weighted by Gasteiger charge is 2.18. The minimum Gasteiger partial charge on any atom is -0.309 e. The molecule has 11 aromatic carbocycles. The molecule has 0 saturated heterocycles. The first-order valence-electron chi connectivity index (χ1n) is 19.8. The van der Waals surface area contributed by atoms with Crippen LogP contribution in [0.2, 0.25) is 0 Å². The van der Waals surface area contributed by atoms with Gasteiger partial charge in [0.1, 0.15) is 0 Å². The van der Waals surface area contributed by atoms with E-state index < -0.39 is 0 Å².